The van der Waals surface area contributed by atoms with Crippen molar-refractivity contribution in [2.45, 2.75) is 65.1 Å². The number of halogens is 1. The molecule has 0 bridgehead atoms. The number of nitrogens with zero attached hydrogens (tertiary/aromatic N) is 11. The number of aryl methyl sites for hydroxylation is 2. The third kappa shape index (κ3) is 6.91. The van der Waals surface area contributed by atoms with Crippen LogP contribution in [0.4, 0.5) is 4.79 Å². The molecule has 18 nitrogen and oxygen atoms in total. The monoisotopic (exact) mass is 784 g/mol. The molecule has 2 aliphatic carbocycles. The molecule has 1 N–H and O–H groups in total. The number of hydrogen-bond acceptors (Lipinski definition) is 15. The number of hydrogen-bond donors (Lipinski definition) is 1. The summed E-state index contributed by atoms with van der Waals surface area (Å²) < 4.78 is 19.2. The van der Waals surface area contributed by atoms with Gasteiger partial charge in [0.15, 0.2) is 11.6 Å². The molecule has 292 valence electrons. The second-order valence-electron chi connectivity index (χ2n) is 15.9. The van der Waals surface area contributed by atoms with E-state index in [1.807, 2.05) is 34.6 Å². The number of amides is 1. The van der Waals surface area contributed by atoms with Crippen LogP contribution in [0.3, 0.4) is 0 Å². The number of ether oxygens (including phenoxy) is 1. The van der Waals surface area contributed by atoms with Gasteiger partial charge < -0.3 is 24.0 Å². The zero-order valence-electron chi connectivity index (χ0n) is 31.4. The summed E-state index contributed by atoms with van der Waals surface area (Å²) in [7, 11) is 0. The van der Waals surface area contributed by atoms with Gasteiger partial charge in [-0.2, -0.15) is 9.97 Å². The van der Waals surface area contributed by atoms with Gasteiger partial charge in [-0.3, -0.25) is 28.7 Å². The van der Waals surface area contributed by atoms with Crippen molar-refractivity contribution in [3.63, 3.8) is 0 Å². The lowest BCUT2D eigenvalue weighted by Gasteiger charge is -2.25. The van der Waals surface area contributed by atoms with Crippen LogP contribution in [0.1, 0.15) is 67.2 Å². The first-order valence-electron chi connectivity index (χ1n) is 18.4. The van der Waals surface area contributed by atoms with Gasteiger partial charge in [0, 0.05) is 37.3 Å². The molecule has 0 spiro atoms. The predicted octanol–water partition coefficient (Wildman–Crippen LogP) is 3.00. The summed E-state index contributed by atoms with van der Waals surface area (Å²) in [6.45, 7) is 13.0. The van der Waals surface area contributed by atoms with E-state index >= 15 is 0 Å². The zero-order valence-corrected chi connectivity index (χ0v) is 32.3. The fourth-order valence-electron chi connectivity index (χ4n) is 8.15. The maximum absolute atomic E-state index is 12.8. The molecule has 2 aliphatic heterocycles. The zero-order chi connectivity index (χ0) is 38.2. The predicted molar refractivity (Wildman–Crippen MR) is 201 cm³/mol. The highest BCUT2D eigenvalue weighted by Crippen LogP contribution is 2.57. The Morgan fingerprint density at radius 2 is 1.23 bits per heavy atom. The van der Waals surface area contributed by atoms with Gasteiger partial charge in [0.25, 0.3) is 11.1 Å². The van der Waals surface area contributed by atoms with E-state index in [0.29, 0.717) is 82.1 Å². The van der Waals surface area contributed by atoms with Crippen molar-refractivity contribution in [2.75, 3.05) is 26.2 Å². The van der Waals surface area contributed by atoms with Gasteiger partial charge in [-0.25, -0.2) is 14.8 Å². The average molecular weight is 785 g/mol. The van der Waals surface area contributed by atoms with Crippen LogP contribution in [0, 0.1) is 37.5 Å². The minimum absolute atomic E-state index is 0. The number of carbonyl (C=O) groups excluding carboxylic acids is 1. The molecular formula is C37H41ClN12O6. The molecular weight excluding hydrogens is 744 g/mol. The molecule has 56 heavy (non-hydrogen) atoms. The van der Waals surface area contributed by atoms with E-state index in [1.165, 1.54) is 21.8 Å². The van der Waals surface area contributed by atoms with Gasteiger partial charge >= 0.3 is 6.09 Å². The molecule has 2 unspecified atom stereocenters. The van der Waals surface area contributed by atoms with Crippen LogP contribution in [0.25, 0.3) is 21.8 Å². The van der Waals surface area contributed by atoms with E-state index in [0.717, 1.165) is 30.0 Å². The minimum Gasteiger partial charge on any atom is -0.444 e. The Hall–Kier alpha value is -5.62. The molecule has 6 atom stereocenters. The fourth-order valence-corrected chi connectivity index (χ4v) is 8.15. The van der Waals surface area contributed by atoms with E-state index in [4.69, 9.17) is 13.8 Å². The van der Waals surface area contributed by atoms with Crippen molar-refractivity contribution < 1.29 is 18.6 Å². The van der Waals surface area contributed by atoms with E-state index in [1.54, 1.807) is 29.7 Å². The van der Waals surface area contributed by atoms with Gasteiger partial charge in [0.1, 0.15) is 18.7 Å². The lowest BCUT2D eigenvalue weighted by molar-refractivity contribution is 0.0270. The van der Waals surface area contributed by atoms with E-state index in [-0.39, 0.29) is 48.6 Å². The van der Waals surface area contributed by atoms with Gasteiger partial charge in [0.2, 0.25) is 11.8 Å². The van der Waals surface area contributed by atoms with Crippen LogP contribution in [-0.4, -0.2) is 92.1 Å². The topological polar surface area (TPSA) is 215 Å². The molecule has 4 aliphatic rings. The number of nitrogens with one attached hydrogen (secondary N) is 1. The Labute approximate surface area is 325 Å². The fraction of sp³-hybridized carbons (Fsp3) is 0.486. The summed E-state index contributed by atoms with van der Waals surface area (Å²) in [6, 6.07) is 0. The molecule has 2 saturated heterocycles. The summed E-state index contributed by atoms with van der Waals surface area (Å²) in [5, 5.41) is 12.7. The Bertz CT molecular complexity index is 2560. The van der Waals surface area contributed by atoms with Gasteiger partial charge in [-0.1, -0.05) is 10.3 Å². The third-order valence-electron chi connectivity index (χ3n) is 11.0. The number of fused-ring (bicyclic) bond motifs is 4. The van der Waals surface area contributed by atoms with Crippen molar-refractivity contribution in [2.24, 2.45) is 23.7 Å². The van der Waals surface area contributed by atoms with Gasteiger partial charge in [-0.15, -0.1) is 12.4 Å². The number of piperidine rings is 2. The normalized spacial score (nSPS) is 23.3. The van der Waals surface area contributed by atoms with E-state index in [2.05, 4.69) is 45.5 Å². The smallest absolute Gasteiger partial charge is 0.410 e. The van der Waals surface area contributed by atoms with Crippen LogP contribution in [0.5, 0.6) is 0 Å². The first kappa shape index (κ1) is 37.3. The molecule has 8 heterocycles. The van der Waals surface area contributed by atoms with E-state index < -0.39 is 5.60 Å². The van der Waals surface area contributed by atoms with E-state index in [9.17, 15) is 14.4 Å². The molecule has 2 saturated carbocycles. The average Bonchev–Trinajstić information content (AvgIpc) is 3.59. The highest BCUT2D eigenvalue weighted by molar-refractivity contribution is 5.85. The van der Waals surface area contributed by atoms with Crippen molar-refractivity contribution >= 4 is 40.3 Å². The summed E-state index contributed by atoms with van der Waals surface area (Å²) in [6.07, 6.45) is 9.18. The highest BCUT2D eigenvalue weighted by atomic mass is 35.5. The quantitative estimate of drug-likeness (QED) is 0.257. The third-order valence-corrected chi connectivity index (χ3v) is 11.0. The lowest BCUT2D eigenvalue weighted by atomic mass is 10.2. The summed E-state index contributed by atoms with van der Waals surface area (Å²) in [4.78, 5) is 65.2. The molecule has 0 radical (unpaired) electrons. The van der Waals surface area contributed by atoms with Crippen LogP contribution in [0.15, 0.2) is 56.1 Å². The number of rotatable bonds is 6. The Balaban J connectivity index is 0.000000159. The Kier molecular flexibility index (Phi) is 9.43. The second kappa shape index (κ2) is 14.1. The molecule has 19 heteroatoms. The molecule has 10 rings (SSSR count). The molecule has 0 aromatic carbocycles. The van der Waals surface area contributed by atoms with Gasteiger partial charge in [-0.05, 0) is 82.5 Å². The van der Waals surface area contributed by atoms with Crippen LogP contribution in [-0.2, 0) is 17.8 Å². The first-order chi connectivity index (χ1) is 26.4. The van der Waals surface area contributed by atoms with Crippen molar-refractivity contribution in [3.8, 4) is 0 Å². The summed E-state index contributed by atoms with van der Waals surface area (Å²) in [5.41, 5.74) is 1.96. The Morgan fingerprint density at radius 1 is 0.768 bits per heavy atom. The van der Waals surface area contributed by atoms with Crippen LogP contribution < -0.4 is 16.4 Å². The van der Waals surface area contributed by atoms with Crippen molar-refractivity contribution in [1.82, 2.24) is 59.6 Å². The van der Waals surface area contributed by atoms with Crippen molar-refractivity contribution in [3.05, 3.63) is 92.7 Å². The lowest BCUT2D eigenvalue weighted by Crippen LogP contribution is -2.36. The largest absolute Gasteiger partial charge is 0.444 e. The molecule has 6 aromatic rings. The number of pyridine rings is 2. The summed E-state index contributed by atoms with van der Waals surface area (Å²) >= 11 is 0. The minimum atomic E-state index is -0.503. The first-order valence-corrected chi connectivity index (χ1v) is 18.4. The molecule has 1 amide bonds. The number of carbonyl (C=O) groups is 1. The van der Waals surface area contributed by atoms with Crippen LogP contribution >= 0.6 is 12.4 Å². The van der Waals surface area contributed by atoms with Crippen LogP contribution in [0.2, 0.25) is 0 Å². The second-order valence-corrected chi connectivity index (χ2v) is 15.9. The maximum atomic E-state index is 12.8. The number of aromatic nitrogens is 10. The van der Waals surface area contributed by atoms with Gasteiger partial charge in [0.05, 0.1) is 46.9 Å². The maximum Gasteiger partial charge on any atom is 0.410 e. The highest BCUT2D eigenvalue weighted by Gasteiger charge is 2.60. The summed E-state index contributed by atoms with van der Waals surface area (Å²) in [5.74, 6) is 4.69. The Morgan fingerprint density at radius 3 is 1.70 bits per heavy atom. The number of likely N-dealkylation sites (tertiary alicyclic amines) is 1. The standard InChI is InChI=1S/C21H24N6O4.C16H16N6O2.ClH/c1-11-5-22-6-14-16(11)19(28)27(10-23-14)9-15-24-18(25-31-15)17-12-7-26(8-13(12)17)20(29)30-21(2,3)4;1-8-2-17-5-11-13(8)16(23)22(7-19-11)6-12-20-15(21-24-12)14-9-3-18-4-10(9)14;/h5-6,10,12-13,17H,7-9H2,1-4H3;2,5,7,9-10,14,18H,3-4,6H2,1H3;1H/t12-,13+,17?;9-,10+,14?;. The molecule has 6 aromatic heterocycles. The van der Waals surface area contributed by atoms with Crippen molar-refractivity contribution in [1.29, 1.82) is 0 Å². The molecule has 4 fully saturated rings. The SMILES string of the molecule is Cc1cncc2ncn(Cc3nc(C4[C@H]5CN(C(=O)OC(C)(C)C)C[C@@H]45)no3)c(=O)c12.Cc1cncc2ncn(Cc3nc(C4[C@H]5CNC[C@@H]45)no3)c(=O)c12.Cl.